The van der Waals surface area contributed by atoms with Crippen LogP contribution < -0.4 is 5.32 Å². The third kappa shape index (κ3) is 8.89. The van der Waals surface area contributed by atoms with Crippen molar-refractivity contribution in [3.63, 3.8) is 0 Å². The molecule has 0 aliphatic heterocycles. The van der Waals surface area contributed by atoms with E-state index in [2.05, 4.69) is 9.50 Å². The van der Waals surface area contributed by atoms with E-state index >= 15 is 0 Å². The predicted molar refractivity (Wildman–Crippen MR) is 85.7 cm³/mol. The van der Waals surface area contributed by atoms with E-state index in [-0.39, 0.29) is 5.69 Å². The summed E-state index contributed by atoms with van der Waals surface area (Å²) >= 11 is 0. The minimum Gasteiger partial charge on any atom is -0.326 e. The van der Waals surface area contributed by atoms with Crippen LogP contribution in [0, 0.1) is 0 Å². The molecule has 0 radical (unpaired) electrons. The molecule has 0 saturated heterocycles. The minimum atomic E-state index is -4.75. The average molecular weight is 417 g/mol. The molecular formula is C11H15NO10S3. The maximum absolute atomic E-state index is 11.7. The number of carbonyl (C=O) groups is 1. The highest BCUT2D eigenvalue weighted by Crippen LogP contribution is 2.15. The zero-order chi connectivity index (χ0) is 19.3. The van der Waals surface area contributed by atoms with Crippen LogP contribution in [0.3, 0.4) is 0 Å². The molecule has 1 aromatic rings. The molecule has 0 heterocycles. The summed E-state index contributed by atoms with van der Waals surface area (Å²) in [6.07, 6.45) is -0.482. The summed E-state index contributed by atoms with van der Waals surface area (Å²) in [5.41, 5.74) is 0.0345. The Kier molecular flexibility index (Phi) is 7.04. The molecule has 0 saturated carbocycles. The maximum atomic E-state index is 11.7. The van der Waals surface area contributed by atoms with Crippen molar-refractivity contribution in [3.8, 4) is 0 Å². The summed E-state index contributed by atoms with van der Waals surface area (Å²) < 4.78 is 86.9. The second-order valence-corrected chi connectivity index (χ2v) is 9.52. The molecule has 11 nitrogen and oxygen atoms in total. The Labute approximate surface area is 144 Å². The molecule has 0 aliphatic rings. The van der Waals surface area contributed by atoms with Crippen molar-refractivity contribution in [2.75, 3.05) is 23.4 Å². The van der Waals surface area contributed by atoms with E-state index in [0.29, 0.717) is 0 Å². The molecular weight excluding hydrogens is 402 g/mol. The first-order valence-corrected chi connectivity index (χ1v) is 11.1. The molecule has 0 spiro atoms. The smallest absolute Gasteiger partial charge is 0.326 e. The van der Waals surface area contributed by atoms with Crippen LogP contribution in [-0.4, -0.2) is 58.4 Å². The Morgan fingerprint density at radius 2 is 1.68 bits per heavy atom. The van der Waals surface area contributed by atoms with Crippen LogP contribution in [0.2, 0.25) is 0 Å². The van der Waals surface area contributed by atoms with Crippen LogP contribution in [0.15, 0.2) is 29.2 Å². The molecule has 0 fully saturated rings. The lowest BCUT2D eigenvalue weighted by Gasteiger charge is -2.07. The molecule has 0 aliphatic carbocycles. The Bertz CT molecular complexity index is 934. The highest BCUT2D eigenvalue weighted by Gasteiger charge is 2.16. The van der Waals surface area contributed by atoms with Crippen LogP contribution in [0.1, 0.15) is 6.42 Å². The van der Waals surface area contributed by atoms with Crippen LogP contribution in [0.5, 0.6) is 0 Å². The Balaban J connectivity index is 2.57. The number of sulfone groups is 1. The van der Waals surface area contributed by atoms with Crippen molar-refractivity contribution in [2.24, 2.45) is 0 Å². The molecule has 25 heavy (non-hydrogen) atoms. The molecule has 0 atom stereocenters. The average Bonchev–Trinajstić information content (AvgIpc) is 2.43. The molecule has 0 aromatic heterocycles. The number of amides is 1. The Hall–Kier alpha value is -1.58. The summed E-state index contributed by atoms with van der Waals surface area (Å²) in [5, 5.41) is 2.26. The minimum absolute atomic E-state index is 0.0345. The van der Waals surface area contributed by atoms with Gasteiger partial charge in [0, 0.05) is 12.1 Å². The number of rotatable bonds is 9. The first-order valence-electron chi connectivity index (χ1n) is 6.48. The van der Waals surface area contributed by atoms with Gasteiger partial charge in [0.05, 0.1) is 23.0 Å². The van der Waals surface area contributed by atoms with Crippen LogP contribution >= 0.6 is 0 Å². The van der Waals surface area contributed by atoms with Gasteiger partial charge in [0.1, 0.15) is 0 Å². The summed E-state index contributed by atoms with van der Waals surface area (Å²) in [7, 11) is -13.0. The molecule has 3 N–H and O–H groups in total. The normalized spacial score (nSPS) is 12.7. The van der Waals surface area contributed by atoms with Gasteiger partial charge in [0.2, 0.25) is 5.91 Å². The van der Waals surface area contributed by atoms with Crippen LogP contribution in [0.25, 0.3) is 0 Å². The van der Waals surface area contributed by atoms with Crippen molar-refractivity contribution in [3.05, 3.63) is 24.3 Å². The third-order valence-electron chi connectivity index (χ3n) is 2.68. The molecule has 1 amide bonds. The SMILES string of the molecule is O=C(CCS(=O)(=O)CCOS(=O)(=O)O)Nc1cccc(S(=O)(=O)O)c1. The lowest BCUT2D eigenvalue weighted by molar-refractivity contribution is -0.115. The zero-order valence-corrected chi connectivity index (χ0v) is 15.0. The first kappa shape index (κ1) is 21.5. The predicted octanol–water partition coefficient (Wildman–Crippen LogP) is -0.504. The van der Waals surface area contributed by atoms with Crippen molar-refractivity contribution >= 4 is 41.9 Å². The van der Waals surface area contributed by atoms with E-state index in [9.17, 15) is 30.0 Å². The fraction of sp³-hybridized carbons (Fsp3) is 0.364. The number of hydrogen-bond donors (Lipinski definition) is 3. The van der Waals surface area contributed by atoms with Gasteiger partial charge in [-0.3, -0.25) is 13.9 Å². The van der Waals surface area contributed by atoms with Gasteiger partial charge in [0.15, 0.2) is 9.84 Å². The molecule has 0 bridgehead atoms. The van der Waals surface area contributed by atoms with E-state index in [0.717, 1.165) is 12.1 Å². The van der Waals surface area contributed by atoms with Gasteiger partial charge >= 0.3 is 10.4 Å². The number of anilines is 1. The van der Waals surface area contributed by atoms with Gasteiger partial charge in [-0.1, -0.05) is 6.07 Å². The lowest BCUT2D eigenvalue weighted by atomic mass is 10.3. The Morgan fingerprint density at radius 1 is 1.04 bits per heavy atom. The Morgan fingerprint density at radius 3 is 2.24 bits per heavy atom. The van der Waals surface area contributed by atoms with Gasteiger partial charge in [0.25, 0.3) is 10.1 Å². The highest BCUT2D eigenvalue weighted by molar-refractivity contribution is 7.91. The van der Waals surface area contributed by atoms with E-state index in [1.807, 2.05) is 0 Å². The van der Waals surface area contributed by atoms with Gasteiger partial charge in [-0.15, -0.1) is 0 Å². The molecule has 1 rings (SSSR count). The van der Waals surface area contributed by atoms with Crippen LogP contribution in [-0.2, 0) is 39.3 Å². The second kappa shape index (κ2) is 8.20. The summed E-state index contributed by atoms with van der Waals surface area (Å²) in [6.45, 7) is -0.792. The molecule has 0 unspecified atom stereocenters. The van der Waals surface area contributed by atoms with Gasteiger partial charge in [-0.2, -0.15) is 16.8 Å². The molecule has 1 aromatic carbocycles. The zero-order valence-electron chi connectivity index (χ0n) is 12.5. The standard InChI is InChI=1S/C11H15NO10S3/c13-11(4-6-23(14,15)7-5-22-25(19,20)21)12-9-2-1-3-10(8-9)24(16,17)18/h1-3,8H,4-7H2,(H,12,13)(H,16,17,18)(H,19,20,21). The lowest BCUT2D eigenvalue weighted by Crippen LogP contribution is -2.22. The maximum Gasteiger partial charge on any atom is 0.397 e. The molecule has 142 valence electrons. The second-order valence-electron chi connectivity index (χ2n) is 4.70. The van der Waals surface area contributed by atoms with Gasteiger partial charge in [-0.25, -0.2) is 12.6 Å². The number of carbonyl (C=O) groups excluding carboxylic acids is 1. The fourth-order valence-corrected chi connectivity index (χ4v) is 3.54. The number of hydrogen-bond acceptors (Lipinski definition) is 8. The summed E-state index contributed by atoms with van der Waals surface area (Å²) in [6, 6.07) is 4.69. The van der Waals surface area contributed by atoms with E-state index in [1.54, 1.807) is 0 Å². The molecule has 14 heteroatoms. The van der Waals surface area contributed by atoms with Crippen molar-refractivity contribution in [1.29, 1.82) is 0 Å². The van der Waals surface area contributed by atoms with E-state index in [4.69, 9.17) is 9.11 Å². The van der Waals surface area contributed by atoms with Crippen molar-refractivity contribution in [2.45, 2.75) is 11.3 Å². The third-order valence-corrected chi connectivity index (χ3v) is 5.61. The van der Waals surface area contributed by atoms with Crippen LogP contribution in [0.4, 0.5) is 5.69 Å². The van der Waals surface area contributed by atoms with Crippen molar-refractivity contribution < 1.29 is 43.3 Å². The summed E-state index contributed by atoms with van der Waals surface area (Å²) in [4.78, 5) is 11.3. The van der Waals surface area contributed by atoms with Gasteiger partial charge in [-0.05, 0) is 18.2 Å². The van der Waals surface area contributed by atoms with E-state index < -0.39 is 65.7 Å². The highest BCUT2D eigenvalue weighted by atomic mass is 32.3. The van der Waals surface area contributed by atoms with E-state index in [1.165, 1.54) is 12.1 Å². The topological polar surface area (TPSA) is 181 Å². The number of benzene rings is 1. The van der Waals surface area contributed by atoms with Crippen molar-refractivity contribution in [1.82, 2.24) is 0 Å². The quantitative estimate of drug-likeness (QED) is 0.443. The first-order chi connectivity index (χ1) is 11.3. The largest absolute Gasteiger partial charge is 0.397 e. The number of nitrogens with one attached hydrogen (secondary N) is 1. The van der Waals surface area contributed by atoms with Gasteiger partial charge < -0.3 is 5.32 Å². The monoisotopic (exact) mass is 417 g/mol. The summed E-state index contributed by atoms with van der Waals surface area (Å²) in [5.74, 6) is -2.09. The fourth-order valence-electron chi connectivity index (χ4n) is 1.57.